The molecule has 0 spiro atoms. The lowest BCUT2D eigenvalue weighted by Gasteiger charge is -2.36. The van der Waals surface area contributed by atoms with E-state index in [-0.39, 0.29) is 31.5 Å². The zero-order valence-corrected chi connectivity index (χ0v) is 18.9. The van der Waals surface area contributed by atoms with Gasteiger partial charge in [0.25, 0.3) is 5.91 Å². The number of fused-ring (bicyclic) bond motifs is 1. The van der Waals surface area contributed by atoms with Crippen LogP contribution in [0.1, 0.15) is 29.6 Å². The van der Waals surface area contributed by atoms with E-state index in [1.54, 1.807) is 36.4 Å². The van der Waals surface area contributed by atoms with Crippen molar-refractivity contribution in [1.82, 2.24) is 10.6 Å². The number of benzene rings is 2. The van der Waals surface area contributed by atoms with Gasteiger partial charge in [0.1, 0.15) is 11.9 Å². The van der Waals surface area contributed by atoms with Crippen LogP contribution in [0.5, 0.6) is 17.2 Å². The number of rotatable bonds is 8. The highest BCUT2D eigenvalue weighted by atomic mass is 16.7. The smallest absolute Gasteiger partial charge is 0.319 e. The van der Waals surface area contributed by atoms with Crippen LogP contribution in [0.25, 0.3) is 0 Å². The average Bonchev–Trinajstić information content (AvgIpc) is 3.33. The molecular formula is C24H29N3O7. The molecule has 3 atom stereocenters. The van der Waals surface area contributed by atoms with Gasteiger partial charge in [-0.2, -0.15) is 0 Å². The molecule has 0 bridgehead atoms. The van der Waals surface area contributed by atoms with E-state index in [1.807, 2.05) is 6.07 Å². The van der Waals surface area contributed by atoms with Crippen LogP contribution in [0, 0.1) is 0 Å². The van der Waals surface area contributed by atoms with E-state index >= 15 is 0 Å². The highest BCUT2D eigenvalue weighted by Crippen LogP contribution is 2.32. The third-order valence-electron chi connectivity index (χ3n) is 5.85. The van der Waals surface area contributed by atoms with Gasteiger partial charge in [0.2, 0.25) is 6.79 Å². The number of aliphatic hydroxyl groups is 1. The molecule has 0 unspecified atom stereocenters. The summed E-state index contributed by atoms with van der Waals surface area (Å²) in [6.07, 6.45) is 1.25. The summed E-state index contributed by atoms with van der Waals surface area (Å²) in [5.41, 5.74) is 1.04. The van der Waals surface area contributed by atoms with Gasteiger partial charge in [-0.25, -0.2) is 4.79 Å². The molecule has 2 heterocycles. The Balaban J connectivity index is 1.22. The lowest BCUT2D eigenvalue weighted by Crippen LogP contribution is -2.52. The van der Waals surface area contributed by atoms with Gasteiger partial charge in [-0.1, -0.05) is 12.1 Å². The molecule has 0 saturated carbocycles. The van der Waals surface area contributed by atoms with Crippen LogP contribution in [-0.4, -0.2) is 62.3 Å². The number of para-hydroxylation sites is 2. The molecule has 10 heteroatoms. The van der Waals surface area contributed by atoms with Gasteiger partial charge in [-0.3, -0.25) is 4.79 Å². The summed E-state index contributed by atoms with van der Waals surface area (Å²) in [5, 5.41) is 18.3. The normalized spacial score (nSPS) is 20.9. The molecular weight excluding hydrogens is 442 g/mol. The highest BCUT2D eigenvalue weighted by Gasteiger charge is 2.32. The number of carbonyl (C=O) groups excluding carboxylic acids is 2. The quantitative estimate of drug-likeness (QED) is 0.465. The van der Waals surface area contributed by atoms with Crippen LogP contribution in [0.15, 0.2) is 42.5 Å². The van der Waals surface area contributed by atoms with Crippen molar-refractivity contribution in [3.8, 4) is 17.2 Å². The number of anilines is 1. The minimum absolute atomic E-state index is 0.135. The summed E-state index contributed by atoms with van der Waals surface area (Å²) in [7, 11) is 1.53. The van der Waals surface area contributed by atoms with Crippen molar-refractivity contribution in [1.29, 1.82) is 0 Å². The Morgan fingerprint density at radius 1 is 1.12 bits per heavy atom. The van der Waals surface area contributed by atoms with E-state index in [1.165, 1.54) is 7.11 Å². The van der Waals surface area contributed by atoms with Crippen LogP contribution in [0.2, 0.25) is 0 Å². The zero-order valence-electron chi connectivity index (χ0n) is 18.9. The van der Waals surface area contributed by atoms with Crippen LogP contribution in [-0.2, 0) is 4.74 Å². The number of methoxy groups -OCH3 is 1. The monoisotopic (exact) mass is 471 g/mol. The molecule has 2 aromatic rings. The van der Waals surface area contributed by atoms with Crippen molar-refractivity contribution in [2.24, 2.45) is 0 Å². The number of urea groups is 1. The maximum atomic E-state index is 12.5. The summed E-state index contributed by atoms with van der Waals surface area (Å²) in [4.78, 5) is 24.9. The highest BCUT2D eigenvalue weighted by molar-refractivity contribution is 5.95. The fourth-order valence-corrected chi connectivity index (χ4v) is 4.07. The molecule has 4 rings (SSSR count). The molecule has 3 amide bonds. The van der Waals surface area contributed by atoms with Gasteiger partial charge in [0.15, 0.2) is 11.5 Å². The average molecular weight is 472 g/mol. The molecule has 1 saturated heterocycles. The van der Waals surface area contributed by atoms with Crippen LogP contribution in [0.3, 0.4) is 0 Å². The second-order valence-electron chi connectivity index (χ2n) is 8.07. The molecule has 0 aliphatic carbocycles. The number of hydrogen-bond donors (Lipinski definition) is 4. The van der Waals surface area contributed by atoms with Crippen molar-refractivity contribution in [2.45, 2.75) is 37.5 Å². The fraction of sp³-hybridized carbons (Fsp3) is 0.417. The van der Waals surface area contributed by atoms with E-state index in [0.29, 0.717) is 54.3 Å². The molecule has 10 nitrogen and oxygen atoms in total. The predicted octanol–water partition coefficient (Wildman–Crippen LogP) is 2.27. The molecule has 0 radical (unpaired) electrons. The molecule has 1 fully saturated rings. The second-order valence-corrected chi connectivity index (χ2v) is 8.07. The first-order valence-corrected chi connectivity index (χ1v) is 11.2. The van der Waals surface area contributed by atoms with E-state index in [9.17, 15) is 14.7 Å². The number of amides is 3. The SMILES string of the molecule is COc1ccccc1NC(=O)N[C@H]1CC[C@H](CCNC(=O)c2ccc3c(c2)OCO3)O[C@H]1CO. The number of carbonyl (C=O) groups is 2. The zero-order chi connectivity index (χ0) is 23.9. The number of ether oxygens (including phenoxy) is 4. The van der Waals surface area contributed by atoms with Gasteiger partial charge in [-0.15, -0.1) is 0 Å². The van der Waals surface area contributed by atoms with E-state index < -0.39 is 12.1 Å². The minimum atomic E-state index is -0.535. The number of hydrogen-bond acceptors (Lipinski definition) is 7. The third kappa shape index (κ3) is 5.70. The largest absolute Gasteiger partial charge is 0.495 e. The first-order chi connectivity index (χ1) is 16.6. The van der Waals surface area contributed by atoms with Gasteiger partial charge in [0.05, 0.1) is 31.5 Å². The fourth-order valence-electron chi connectivity index (χ4n) is 4.07. The molecule has 2 aliphatic rings. The van der Waals surface area contributed by atoms with Crippen molar-refractivity contribution >= 4 is 17.6 Å². The molecule has 2 aliphatic heterocycles. The second kappa shape index (κ2) is 11.1. The molecule has 0 aromatic heterocycles. The third-order valence-corrected chi connectivity index (χ3v) is 5.85. The Labute approximate surface area is 197 Å². The predicted molar refractivity (Wildman–Crippen MR) is 123 cm³/mol. The first-order valence-electron chi connectivity index (χ1n) is 11.2. The maximum Gasteiger partial charge on any atom is 0.319 e. The Kier molecular flexibility index (Phi) is 7.71. The Hall–Kier alpha value is -3.50. The Bertz CT molecular complexity index is 1020. The van der Waals surface area contributed by atoms with Gasteiger partial charge in [0, 0.05) is 12.1 Å². The number of aliphatic hydroxyl groups excluding tert-OH is 1. The first kappa shape index (κ1) is 23.7. The molecule has 182 valence electrons. The summed E-state index contributed by atoms with van der Waals surface area (Å²) in [5.74, 6) is 1.53. The van der Waals surface area contributed by atoms with Crippen molar-refractivity contribution < 1.29 is 33.6 Å². The van der Waals surface area contributed by atoms with Crippen LogP contribution < -0.4 is 30.2 Å². The lowest BCUT2D eigenvalue weighted by atomic mass is 9.97. The van der Waals surface area contributed by atoms with E-state index in [0.717, 1.165) is 0 Å². The van der Waals surface area contributed by atoms with Crippen molar-refractivity contribution in [3.05, 3.63) is 48.0 Å². The summed E-state index contributed by atoms with van der Waals surface area (Å²) in [6, 6.07) is 11.4. The maximum absolute atomic E-state index is 12.5. The summed E-state index contributed by atoms with van der Waals surface area (Å²) >= 11 is 0. The van der Waals surface area contributed by atoms with Crippen LogP contribution in [0.4, 0.5) is 10.5 Å². The van der Waals surface area contributed by atoms with Crippen LogP contribution >= 0.6 is 0 Å². The van der Waals surface area contributed by atoms with Gasteiger partial charge < -0.3 is 40.0 Å². The topological polar surface area (TPSA) is 127 Å². The Morgan fingerprint density at radius 2 is 1.94 bits per heavy atom. The van der Waals surface area contributed by atoms with Gasteiger partial charge in [-0.05, 0) is 49.6 Å². The van der Waals surface area contributed by atoms with Crippen molar-refractivity contribution in [2.75, 3.05) is 32.4 Å². The van der Waals surface area contributed by atoms with Gasteiger partial charge >= 0.3 is 6.03 Å². The Morgan fingerprint density at radius 3 is 2.76 bits per heavy atom. The molecule has 4 N–H and O–H groups in total. The summed E-state index contributed by atoms with van der Waals surface area (Å²) in [6.45, 7) is 0.353. The molecule has 2 aromatic carbocycles. The minimum Gasteiger partial charge on any atom is -0.495 e. The van der Waals surface area contributed by atoms with E-state index in [4.69, 9.17) is 18.9 Å². The standard InChI is InChI=1S/C24H29N3O7/c1-31-19-5-3-2-4-17(19)26-24(30)27-18-8-7-16(34-22(18)13-28)10-11-25-23(29)15-6-9-20-21(12-15)33-14-32-20/h2-6,9,12,16,18,22,28H,7-8,10-11,13-14H2,1H3,(H,25,29)(H2,26,27,30)/t16-,18+,22+/m1/s1. The van der Waals surface area contributed by atoms with Crippen molar-refractivity contribution in [3.63, 3.8) is 0 Å². The summed E-state index contributed by atoms with van der Waals surface area (Å²) < 4.78 is 21.8. The number of nitrogens with one attached hydrogen (secondary N) is 3. The van der Waals surface area contributed by atoms with E-state index in [2.05, 4.69) is 16.0 Å². The molecule has 34 heavy (non-hydrogen) atoms. The lowest BCUT2D eigenvalue weighted by molar-refractivity contribution is -0.0886.